The number of carbonyl (C=O) groups excluding carboxylic acids is 1. The van der Waals surface area contributed by atoms with Crippen LogP contribution in [0.2, 0.25) is 5.02 Å². The Balaban J connectivity index is 1.96. The molecule has 2 aromatic rings. The van der Waals surface area contributed by atoms with Crippen molar-refractivity contribution in [1.82, 2.24) is 4.90 Å². The molecule has 2 rings (SSSR count). The van der Waals surface area contributed by atoms with Gasteiger partial charge in [-0.1, -0.05) is 35.9 Å². The van der Waals surface area contributed by atoms with Gasteiger partial charge in [0, 0.05) is 24.7 Å². The maximum absolute atomic E-state index is 12.1. The van der Waals surface area contributed by atoms with Crippen LogP contribution < -0.4 is 0 Å². The number of nitriles is 1. The van der Waals surface area contributed by atoms with Crippen LogP contribution in [0.5, 0.6) is 0 Å². The first-order chi connectivity index (χ1) is 10.6. The first-order valence-electron chi connectivity index (χ1n) is 6.76. The van der Waals surface area contributed by atoms with E-state index in [2.05, 4.69) is 6.07 Å². The average Bonchev–Trinajstić information content (AvgIpc) is 2.54. The third-order valence-corrected chi connectivity index (χ3v) is 3.42. The smallest absolute Gasteiger partial charge is 0.246 e. The fourth-order valence-electron chi connectivity index (χ4n) is 1.91. The van der Waals surface area contributed by atoms with Crippen molar-refractivity contribution in [2.45, 2.75) is 6.54 Å². The topological polar surface area (TPSA) is 44.1 Å². The molecule has 0 aromatic heterocycles. The van der Waals surface area contributed by atoms with Crippen LogP contribution in [0.1, 0.15) is 16.7 Å². The van der Waals surface area contributed by atoms with Crippen LogP contribution in [0.3, 0.4) is 0 Å². The SMILES string of the molecule is CN(Cc1ccc(C#N)cc1)C(=O)/C=C/c1ccc(Cl)cc1. The van der Waals surface area contributed by atoms with E-state index >= 15 is 0 Å². The summed E-state index contributed by atoms with van der Waals surface area (Å²) in [5, 5.41) is 9.43. The lowest BCUT2D eigenvalue weighted by Crippen LogP contribution is -2.24. The Bertz CT molecular complexity index is 712. The lowest BCUT2D eigenvalue weighted by Gasteiger charge is -2.15. The van der Waals surface area contributed by atoms with E-state index in [0.717, 1.165) is 11.1 Å². The number of benzene rings is 2. The first kappa shape index (κ1) is 15.8. The molecule has 0 bridgehead atoms. The van der Waals surface area contributed by atoms with E-state index in [0.29, 0.717) is 17.1 Å². The van der Waals surface area contributed by atoms with Crippen molar-refractivity contribution in [2.24, 2.45) is 0 Å². The van der Waals surface area contributed by atoms with Crippen LogP contribution in [-0.4, -0.2) is 17.9 Å². The fourth-order valence-corrected chi connectivity index (χ4v) is 2.03. The summed E-state index contributed by atoms with van der Waals surface area (Å²) in [5.41, 5.74) is 2.51. The molecule has 0 N–H and O–H groups in total. The van der Waals surface area contributed by atoms with Gasteiger partial charge in [0.05, 0.1) is 11.6 Å². The zero-order valence-electron chi connectivity index (χ0n) is 12.2. The highest BCUT2D eigenvalue weighted by atomic mass is 35.5. The van der Waals surface area contributed by atoms with Gasteiger partial charge in [-0.2, -0.15) is 5.26 Å². The van der Waals surface area contributed by atoms with E-state index in [1.807, 2.05) is 24.3 Å². The van der Waals surface area contributed by atoms with Crippen molar-refractivity contribution in [3.8, 4) is 6.07 Å². The quantitative estimate of drug-likeness (QED) is 0.804. The van der Waals surface area contributed by atoms with Gasteiger partial charge in [0.2, 0.25) is 5.91 Å². The molecule has 4 heteroatoms. The van der Waals surface area contributed by atoms with Crippen molar-refractivity contribution in [3.63, 3.8) is 0 Å². The Labute approximate surface area is 135 Å². The van der Waals surface area contributed by atoms with Gasteiger partial charge in [-0.25, -0.2) is 0 Å². The molecule has 0 heterocycles. The van der Waals surface area contributed by atoms with Crippen LogP contribution in [0, 0.1) is 11.3 Å². The summed E-state index contributed by atoms with van der Waals surface area (Å²) >= 11 is 5.82. The molecule has 0 fully saturated rings. The van der Waals surface area contributed by atoms with Crippen LogP contribution in [-0.2, 0) is 11.3 Å². The normalized spacial score (nSPS) is 10.4. The highest BCUT2D eigenvalue weighted by molar-refractivity contribution is 6.30. The minimum atomic E-state index is -0.0840. The van der Waals surface area contributed by atoms with Crippen molar-refractivity contribution in [3.05, 3.63) is 76.3 Å². The van der Waals surface area contributed by atoms with Crippen LogP contribution in [0.15, 0.2) is 54.6 Å². The number of rotatable bonds is 4. The molecule has 0 saturated heterocycles. The molecule has 0 aliphatic rings. The minimum Gasteiger partial charge on any atom is -0.338 e. The molecule has 0 aliphatic carbocycles. The largest absolute Gasteiger partial charge is 0.338 e. The van der Waals surface area contributed by atoms with Gasteiger partial charge in [-0.15, -0.1) is 0 Å². The Kier molecular flexibility index (Phi) is 5.35. The third kappa shape index (κ3) is 4.47. The number of carbonyl (C=O) groups is 1. The maximum Gasteiger partial charge on any atom is 0.246 e. The summed E-state index contributed by atoms with van der Waals surface area (Å²) < 4.78 is 0. The second-order valence-corrected chi connectivity index (χ2v) is 5.32. The molecule has 1 amide bonds. The fraction of sp³-hybridized carbons (Fsp3) is 0.111. The minimum absolute atomic E-state index is 0.0840. The molecule has 110 valence electrons. The number of hydrogen-bond acceptors (Lipinski definition) is 2. The summed E-state index contributed by atoms with van der Waals surface area (Å²) in [6.45, 7) is 0.496. The molecule has 22 heavy (non-hydrogen) atoms. The molecule has 0 unspecified atom stereocenters. The third-order valence-electron chi connectivity index (χ3n) is 3.17. The van der Waals surface area contributed by atoms with E-state index in [1.165, 1.54) is 6.08 Å². The number of hydrogen-bond donors (Lipinski definition) is 0. The molecular formula is C18H15ClN2O. The van der Waals surface area contributed by atoms with E-state index < -0.39 is 0 Å². The number of likely N-dealkylation sites (N-methyl/N-ethyl adjacent to an activating group) is 1. The highest BCUT2D eigenvalue weighted by Crippen LogP contribution is 2.11. The van der Waals surface area contributed by atoms with Gasteiger partial charge in [0.25, 0.3) is 0 Å². The first-order valence-corrected chi connectivity index (χ1v) is 7.14. The predicted octanol–water partition coefficient (Wildman–Crippen LogP) is 3.88. The van der Waals surface area contributed by atoms with Crippen molar-refractivity contribution in [2.75, 3.05) is 7.05 Å². The van der Waals surface area contributed by atoms with Crippen LogP contribution in [0.25, 0.3) is 6.08 Å². The summed E-state index contributed by atoms with van der Waals surface area (Å²) in [4.78, 5) is 13.7. The lowest BCUT2D eigenvalue weighted by molar-refractivity contribution is -0.125. The molecule has 0 radical (unpaired) electrons. The summed E-state index contributed by atoms with van der Waals surface area (Å²) in [7, 11) is 1.74. The summed E-state index contributed by atoms with van der Waals surface area (Å²) in [6, 6.07) is 16.5. The second kappa shape index (κ2) is 7.44. The maximum atomic E-state index is 12.1. The van der Waals surface area contributed by atoms with E-state index in [9.17, 15) is 4.79 Å². The summed E-state index contributed by atoms with van der Waals surface area (Å²) in [6.07, 6.45) is 3.29. The number of nitrogens with zero attached hydrogens (tertiary/aromatic N) is 2. The van der Waals surface area contributed by atoms with Crippen molar-refractivity contribution < 1.29 is 4.79 Å². The van der Waals surface area contributed by atoms with Gasteiger partial charge in [0.15, 0.2) is 0 Å². The number of halogens is 1. The predicted molar refractivity (Wildman–Crippen MR) is 88.1 cm³/mol. The molecular weight excluding hydrogens is 296 g/mol. The second-order valence-electron chi connectivity index (χ2n) is 4.89. The van der Waals surface area contributed by atoms with Gasteiger partial charge in [-0.05, 0) is 41.5 Å². The van der Waals surface area contributed by atoms with E-state index in [1.54, 1.807) is 42.3 Å². The van der Waals surface area contributed by atoms with Gasteiger partial charge >= 0.3 is 0 Å². The zero-order chi connectivity index (χ0) is 15.9. The molecule has 2 aromatic carbocycles. The van der Waals surface area contributed by atoms with Crippen LogP contribution in [0.4, 0.5) is 0 Å². The molecule has 0 saturated carbocycles. The molecule has 0 aliphatic heterocycles. The Morgan fingerprint density at radius 3 is 2.41 bits per heavy atom. The van der Waals surface area contributed by atoms with Crippen LogP contribution >= 0.6 is 11.6 Å². The number of amides is 1. The average molecular weight is 311 g/mol. The Morgan fingerprint density at radius 2 is 1.82 bits per heavy atom. The monoisotopic (exact) mass is 310 g/mol. The van der Waals surface area contributed by atoms with E-state index in [4.69, 9.17) is 16.9 Å². The molecule has 3 nitrogen and oxygen atoms in total. The van der Waals surface area contributed by atoms with Crippen molar-refractivity contribution in [1.29, 1.82) is 5.26 Å². The summed E-state index contributed by atoms with van der Waals surface area (Å²) in [5.74, 6) is -0.0840. The van der Waals surface area contributed by atoms with E-state index in [-0.39, 0.29) is 5.91 Å². The highest BCUT2D eigenvalue weighted by Gasteiger charge is 2.05. The van der Waals surface area contributed by atoms with Gasteiger partial charge < -0.3 is 4.90 Å². The standard InChI is InChI=1S/C18H15ClN2O/c1-21(13-16-4-2-15(12-20)3-5-16)18(22)11-8-14-6-9-17(19)10-7-14/h2-11H,13H2,1H3/b11-8+. The lowest BCUT2D eigenvalue weighted by atomic mass is 10.1. The Hall–Kier alpha value is -2.57. The molecule has 0 spiro atoms. The van der Waals surface area contributed by atoms with Crippen molar-refractivity contribution >= 4 is 23.6 Å². The van der Waals surface area contributed by atoms with Gasteiger partial charge in [0.1, 0.15) is 0 Å². The Morgan fingerprint density at radius 1 is 1.18 bits per heavy atom. The van der Waals surface area contributed by atoms with Gasteiger partial charge in [-0.3, -0.25) is 4.79 Å². The molecule has 0 atom stereocenters. The zero-order valence-corrected chi connectivity index (χ0v) is 12.9.